The van der Waals surface area contributed by atoms with Gasteiger partial charge in [-0.05, 0) is 40.3 Å². The lowest BCUT2D eigenvalue weighted by Crippen LogP contribution is -2.23. The summed E-state index contributed by atoms with van der Waals surface area (Å²) in [5.41, 5.74) is 1.17. The first-order chi connectivity index (χ1) is 8.47. The van der Waals surface area contributed by atoms with Crippen molar-refractivity contribution in [3.63, 3.8) is 0 Å². The van der Waals surface area contributed by atoms with Crippen molar-refractivity contribution in [1.29, 1.82) is 0 Å². The highest BCUT2D eigenvalue weighted by Gasteiger charge is 2.18. The number of aliphatic hydroxyl groups excluding tert-OH is 1. The van der Waals surface area contributed by atoms with E-state index in [9.17, 15) is 0 Å². The van der Waals surface area contributed by atoms with Gasteiger partial charge in [0, 0.05) is 23.4 Å². The smallest absolute Gasteiger partial charge is 0.0956 e. The van der Waals surface area contributed by atoms with Crippen molar-refractivity contribution in [2.24, 2.45) is 0 Å². The molecule has 1 N–H and O–H groups in total. The average molecular weight is 270 g/mol. The quantitative estimate of drug-likeness (QED) is 0.772. The predicted molar refractivity (Wildman–Crippen MR) is 78.3 cm³/mol. The Hall–Kier alpha value is -0.450. The van der Waals surface area contributed by atoms with Crippen LogP contribution in [0.5, 0.6) is 0 Å². The highest BCUT2D eigenvalue weighted by molar-refractivity contribution is 7.11. The summed E-state index contributed by atoms with van der Waals surface area (Å²) in [6.45, 7) is 10.0. The molecule has 0 bridgehead atoms. The number of thiazole rings is 1. The number of unbranched alkanes of at least 4 members (excludes halogenated alkanes) is 1. The van der Waals surface area contributed by atoms with Gasteiger partial charge in [0.1, 0.15) is 0 Å². The van der Waals surface area contributed by atoms with E-state index in [1.54, 1.807) is 0 Å². The number of rotatable bonds is 7. The molecule has 0 aromatic carbocycles. The number of aromatic nitrogens is 1. The molecule has 1 aromatic rings. The molecule has 104 valence electrons. The molecule has 0 saturated carbocycles. The SMILES string of the molecule is Cc1nc(C(C)C)sc1C(C)N(C)CCCCO. The lowest BCUT2D eigenvalue weighted by atomic mass is 10.2. The molecular formula is C14H26N2OS. The summed E-state index contributed by atoms with van der Waals surface area (Å²) >= 11 is 1.84. The molecule has 1 aromatic heterocycles. The molecule has 4 heteroatoms. The molecule has 18 heavy (non-hydrogen) atoms. The van der Waals surface area contributed by atoms with Crippen molar-refractivity contribution in [3.05, 3.63) is 15.6 Å². The van der Waals surface area contributed by atoms with Crippen LogP contribution in [-0.2, 0) is 0 Å². The minimum atomic E-state index is 0.291. The van der Waals surface area contributed by atoms with Crippen molar-refractivity contribution in [2.75, 3.05) is 20.2 Å². The van der Waals surface area contributed by atoms with Gasteiger partial charge in [-0.25, -0.2) is 4.98 Å². The molecule has 1 atom stereocenters. The molecule has 0 amide bonds. The largest absolute Gasteiger partial charge is 0.396 e. The molecule has 0 spiro atoms. The third-order valence-corrected chi connectivity index (χ3v) is 4.93. The lowest BCUT2D eigenvalue weighted by molar-refractivity contribution is 0.235. The number of aryl methyl sites for hydroxylation is 1. The fourth-order valence-electron chi connectivity index (χ4n) is 1.93. The summed E-state index contributed by atoms with van der Waals surface area (Å²) in [6.07, 6.45) is 1.93. The Balaban J connectivity index is 2.67. The maximum Gasteiger partial charge on any atom is 0.0956 e. The van der Waals surface area contributed by atoms with E-state index in [4.69, 9.17) is 5.11 Å². The summed E-state index contributed by atoms with van der Waals surface area (Å²) in [5.74, 6) is 0.509. The van der Waals surface area contributed by atoms with E-state index in [1.807, 2.05) is 11.3 Å². The molecule has 1 rings (SSSR count). The first-order valence-electron chi connectivity index (χ1n) is 6.75. The van der Waals surface area contributed by atoms with Crippen LogP contribution in [0, 0.1) is 6.92 Å². The number of hydrogen-bond donors (Lipinski definition) is 1. The van der Waals surface area contributed by atoms with Gasteiger partial charge in [-0.1, -0.05) is 13.8 Å². The lowest BCUT2D eigenvalue weighted by Gasteiger charge is -2.24. The second kappa shape index (κ2) is 7.22. The molecule has 0 radical (unpaired) electrons. The fourth-order valence-corrected chi connectivity index (χ4v) is 3.12. The highest BCUT2D eigenvalue weighted by Crippen LogP contribution is 2.31. The van der Waals surface area contributed by atoms with Gasteiger partial charge >= 0.3 is 0 Å². The van der Waals surface area contributed by atoms with Gasteiger partial charge in [-0.3, -0.25) is 4.90 Å². The van der Waals surface area contributed by atoms with Crippen LogP contribution in [0.1, 0.15) is 61.2 Å². The second-order valence-corrected chi connectivity index (χ2v) is 6.31. The zero-order chi connectivity index (χ0) is 13.7. The zero-order valence-electron chi connectivity index (χ0n) is 12.2. The zero-order valence-corrected chi connectivity index (χ0v) is 13.0. The van der Waals surface area contributed by atoms with Crippen molar-refractivity contribution >= 4 is 11.3 Å². The van der Waals surface area contributed by atoms with Crippen LogP contribution in [0.2, 0.25) is 0 Å². The Kier molecular flexibility index (Phi) is 6.26. The van der Waals surface area contributed by atoms with Crippen molar-refractivity contribution in [1.82, 2.24) is 9.88 Å². The minimum Gasteiger partial charge on any atom is -0.396 e. The molecular weight excluding hydrogens is 244 g/mol. The van der Waals surface area contributed by atoms with Crippen LogP contribution < -0.4 is 0 Å². The normalized spacial score (nSPS) is 13.6. The van der Waals surface area contributed by atoms with E-state index in [0.717, 1.165) is 19.4 Å². The molecule has 0 fully saturated rings. The number of hydrogen-bond acceptors (Lipinski definition) is 4. The van der Waals surface area contributed by atoms with Gasteiger partial charge in [0.15, 0.2) is 0 Å². The summed E-state index contributed by atoms with van der Waals surface area (Å²) in [7, 11) is 2.15. The van der Waals surface area contributed by atoms with E-state index < -0.39 is 0 Å². The maximum atomic E-state index is 8.82. The van der Waals surface area contributed by atoms with Crippen molar-refractivity contribution in [3.8, 4) is 0 Å². The van der Waals surface area contributed by atoms with Gasteiger partial charge in [0.2, 0.25) is 0 Å². The standard InChI is InChI=1S/C14H26N2OS/c1-10(2)14-15-11(3)13(18-14)12(4)16(5)8-6-7-9-17/h10,12,17H,6-9H2,1-5H3. The third kappa shape index (κ3) is 4.04. The molecule has 1 heterocycles. The van der Waals surface area contributed by atoms with Gasteiger partial charge in [0.05, 0.1) is 10.7 Å². The molecule has 3 nitrogen and oxygen atoms in total. The van der Waals surface area contributed by atoms with Crippen LogP contribution in [0.3, 0.4) is 0 Å². The fraction of sp³-hybridized carbons (Fsp3) is 0.786. The summed E-state index contributed by atoms with van der Waals surface area (Å²) in [4.78, 5) is 8.39. The van der Waals surface area contributed by atoms with E-state index in [2.05, 4.69) is 44.6 Å². The average Bonchev–Trinajstić information content (AvgIpc) is 2.70. The summed E-state index contributed by atoms with van der Waals surface area (Å²) in [5, 5.41) is 10.1. The van der Waals surface area contributed by atoms with Gasteiger partial charge in [-0.2, -0.15) is 0 Å². The molecule has 0 aliphatic carbocycles. The number of nitrogens with zero attached hydrogens (tertiary/aromatic N) is 2. The molecule has 0 aliphatic heterocycles. The maximum absolute atomic E-state index is 8.82. The molecule has 0 saturated heterocycles. The van der Waals surface area contributed by atoms with E-state index in [0.29, 0.717) is 18.6 Å². The Morgan fingerprint density at radius 3 is 2.44 bits per heavy atom. The Labute approximate surface area is 115 Å². The Morgan fingerprint density at radius 1 is 1.28 bits per heavy atom. The first kappa shape index (κ1) is 15.6. The van der Waals surface area contributed by atoms with Gasteiger partial charge < -0.3 is 5.11 Å². The molecule has 0 aliphatic rings. The van der Waals surface area contributed by atoms with Crippen LogP contribution >= 0.6 is 11.3 Å². The molecule has 1 unspecified atom stereocenters. The summed E-state index contributed by atoms with van der Waals surface area (Å²) in [6, 6.07) is 0.411. The van der Waals surface area contributed by atoms with Crippen LogP contribution in [0.4, 0.5) is 0 Å². The predicted octanol–water partition coefficient (Wildman–Crippen LogP) is 3.34. The number of aliphatic hydroxyl groups is 1. The van der Waals surface area contributed by atoms with E-state index >= 15 is 0 Å². The van der Waals surface area contributed by atoms with Crippen LogP contribution in [0.15, 0.2) is 0 Å². The van der Waals surface area contributed by atoms with E-state index in [-0.39, 0.29) is 0 Å². The first-order valence-corrected chi connectivity index (χ1v) is 7.57. The van der Waals surface area contributed by atoms with Crippen LogP contribution in [0.25, 0.3) is 0 Å². The van der Waals surface area contributed by atoms with Crippen LogP contribution in [-0.4, -0.2) is 35.2 Å². The second-order valence-electron chi connectivity index (χ2n) is 5.24. The van der Waals surface area contributed by atoms with Crippen molar-refractivity contribution in [2.45, 2.75) is 52.5 Å². The topological polar surface area (TPSA) is 36.4 Å². The van der Waals surface area contributed by atoms with Gasteiger partial charge in [0.25, 0.3) is 0 Å². The monoisotopic (exact) mass is 270 g/mol. The van der Waals surface area contributed by atoms with Crippen molar-refractivity contribution < 1.29 is 5.11 Å². The van der Waals surface area contributed by atoms with Gasteiger partial charge in [-0.15, -0.1) is 11.3 Å². The Morgan fingerprint density at radius 2 is 1.94 bits per heavy atom. The third-order valence-electron chi connectivity index (χ3n) is 3.30. The minimum absolute atomic E-state index is 0.291. The highest BCUT2D eigenvalue weighted by atomic mass is 32.1. The Bertz CT molecular complexity index is 363. The van der Waals surface area contributed by atoms with E-state index in [1.165, 1.54) is 15.6 Å². The summed E-state index contributed by atoms with van der Waals surface area (Å²) < 4.78 is 0.